The highest BCUT2D eigenvalue weighted by atomic mass is 35.5. The number of rotatable bonds is 7. The van der Waals surface area contributed by atoms with Crippen LogP contribution >= 0.6 is 35.0 Å². The van der Waals surface area contributed by atoms with Crippen LogP contribution in [0, 0.1) is 11.3 Å². The fourth-order valence-electron chi connectivity index (χ4n) is 2.26. The Morgan fingerprint density at radius 3 is 2.76 bits per heavy atom. The molecule has 0 heterocycles. The average molecular weight is 394 g/mol. The summed E-state index contributed by atoms with van der Waals surface area (Å²) in [4.78, 5) is 15.0. The van der Waals surface area contributed by atoms with Gasteiger partial charge >= 0.3 is 0 Å². The highest BCUT2D eigenvalue weighted by molar-refractivity contribution is 7.99. The fourth-order valence-corrected chi connectivity index (χ4v) is 3.31. The highest BCUT2D eigenvalue weighted by Gasteiger charge is 2.12. The Bertz CT molecular complexity index is 792. The van der Waals surface area contributed by atoms with E-state index in [0.29, 0.717) is 28.0 Å². The van der Waals surface area contributed by atoms with Gasteiger partial charge in [-0.15, -0.1) is 11.8 Å². The number of para-hydroxylation sites is 1. The van der Waals surface area contributed by atoms with Gasteiger partial charge in [0.1, 0.15) is 0 Å². The Hall–Kier alpha value is -1.71. The van der Waals surface area contributed by atoms with Crippen molar-refractivity contribution >= 4 is 46.6 Å². The molecule has 2 rings (SSSR count). The van der Waals surface area contributed by atoms with E-state index in [2.05, 4.69) is 11.4 Å². The summed E-state index contributed by atoms with van der Waals surface area (Å²) in [5.41, 5.74) is 1.58. The van der Waals surface area contributed by atoms with E-state index >= 15 is 0 Å². The molecule has 7 heteroatoms. The number of amides is 1. The van der Waals surface area contributed by atoms with E-state index in [0.717, 1.165) is 10.5 Å². The molecule has 4 nitrogen and oxygen atoms in total. The Morgan fingerprint density at radius 2 is 2.00 bits per heavy atom. The zero-order valence-corrected chi connectivity index (χ0v) is 16.0. The lowest BCUT2D eigenvalue weighted by atomic mass is 10.2. The summed E-state index contributed by atoms with van der Waals surface area (Å²) in [6.45, 7) is 0.720. The predicted molar refractivity (Wildman–Crippen MR) is 104 cm³/mol. The molecule has 0 fully saturated rings. The van der Waals surface area contributed by atoms with Crippen molar-refractivity contribution in [2.75, 3.05) is 24.7 Å². The normalized spacial score (nSPS) is 10.5. The predicted octanol–water partition coefficient (Wildman–Crippen LogP) is 4.68. The molecule has 2 aromatic carbocycles. The molecule has 0 saturated heterocycles. The molecule has 0 spiro atoms. The van der Waals surface area contributed by atoms with Crippen molar-refractivity contribution in [1.82, 2.24) is 4.90 Å². The maximum Gasteiger partial charge on any atom is 0.238 e. The summed E-state index contributed by atoms with van der Waals surface area (Å²) >= 11 is 13.6. The maximum atomic E-state index is 12.3. The van der Waals surface area contributed by atoms with Crippen molar-refractivity contribution in [2.24, 2.45) is 0 Å². The smallest absolute Gasteiger partial charge is 0.238 e. The Kier molecular flexibility index (Phi) is 7.60. The van der Waals surface area contributed by atoms with Gasteiger partial charge in [-0.3, -0.25) is 9.69 Å². The van der Waals surface area contributed by atoms with Gasteiger partial charge in [-0.05, 0) is 30.8 Å². The SMILES string of the molecule is CN(CC(=O)Nc1ccccc1SCC#N)Cc1cccc(Cl)c1Cl. The lowest BCUT2D eigenvalue weighted by Crippen LogP contribution is -2.30. The van der Waals surface area contributed by atoms with Crippen LogP contribution < -0.4 is 5.32 Å². The Labute approximate surface area is 161 Å². The summed E-state index contributed by atoms with van der Waals surface area (Å²) in [7, 11) is 1.84. The minimum absolute atomic E-state index is 0.134. The quantitative estimate of drug-likeness (QED) is 0.693. The number of benzene rings is 2. The molecule has 2 aromatic rings. The summed E-state index contributed by atoms with van der Waals surface area (Å²) < 4.78 is 0. The molecule has 130 valence electrons. The third-order valence-electron chi connectivity index (χ3n) is 3.34. The van der Waals surface area contributed by atoms with E-state index in [9.17, 15) is 4.79 Å². The summed E-state index contributed by atoms with van der Waals surface area (Å²) in [6, 6.07) is 15.0. The van der Waals surface area contributed by atoms with Crippen LogP contribution in [0.5, 0.6) is 0 Å². The lowest BCUT2D eigenvalue weighted by molar-refractivity contribution is -0.117. The minimum Gasteiger partial charge on any atom is -0.324 e. The molecule has 0 atom stereocenters. The number of carbonyl (C=O) groups is 1. The molecule has 1 N–H and O–H groups in total. The maximum absolute atomic E-state index is 12.3. The molecule has 0 saturated carbocycles. The average Bonchev–Trinajstić information content (AvgIpc) is 2.58. The van der Waals surface area contributed by atoms with Crippen molar-refractivity contribution in [1.29, 1.82) is 5.26 Å². The number of anilines is 1. The molecule has 0 aliphatic carbocycles. The van der Waals surface area contributed by atoms with Crippen LogP contribution in [-0.4, -0.2) is 30.2 Å². The second-order valence-corrected chi connectivity index (χ2v) is 7.18. The van der Waals surface area contributed by atoms with E-state index < -0.39 is 0 Å². The first-order valence-corrected chi connectivity index (χ1v) is 9.25. The van der Waals surface area contributed by atoms with Crippen LogP contribution in [-0.2, 0) is 11.3 Å². The third-order valence-corrected chi connectivity index (χ3v) is 5.14. The number of hydrogen-bond donors (Lipinski definition) is 1. The molecule has 0 radical (unpaired) electrons. The largest absolute Gasteiger partial charge is 0.324 e. The van der Waals surface area contributed by atoms with E-state index in [1.54, 1.807) is 6.07 Å². The van der Waals surface area contributed by atoms with Gasteiger partial charge in [0.05, 0.1) is 34.1 Å². The van der Waals surface area contributed by atoms with Crippen molar-refractivity contribution < 1.29 is 4.79 Å². The summed E-state index contributed by atoms with van der Waals surface area (Å²) in [6.07, 6.45) is 0. The van der Waals surface area contributed by atoms with Crippen LogP contribution in [0.15, 0.2) is 47.4 Å². The van der Waals surface area contributed by atoms with Crippen molar-refractivity contribution in [3.63, 3.8) is 0 Å². The highest BCUT2D eigenvalue weighted by Crippen LogP contribution is 2.27. The first-order valence-electron chi connectivity index (χ1n) is 7.51. The minimum atomic E-state index is -0.134. The van der Waals surface area contributed by atoms with Gasteiger partial charge in [-0.2, -0.15) is 5.26 Å². The van der Waals surface area contributed by atoms with E-state index in [4.69, 9.17) is 28.5 Å². The van der Waals surface area contributed by atoms with Gasteiger partial charge < -0.3 is 5.32 Å². The number of likely N-dealkylation sites (N-methyl/N-ethyl adjacent to an activating group) is 1. The van der Waals surface area contributed by atoms with Crippen LogP contribution in [0.1, 0.15) is 5.56 Å². The molecule has 0 aliphatic heterocycles. The number of carbonyl (C=O) groups excluding carboxylic acids is 1. The van der Waals surface area contributed by atoms with Crippen molar-refractivity contribution in [3.05, 3.63) is 58.1 Å². The van der Waals surface area contributed by atoms with Gasteiger partial charge in [0.15, 0.2) is 0 Å². The van der Waals surface area contributed by atoms with Crippen molar-refractivity contribution in [2.45, 2.75) is 11.4 Å². The number of thioether (sulfide) groups is 1. The monoisotopic (exact) mass is 393 g/mol. The number of nitrogens with zero attached hydrogens (tertiary/aromatic N) is 2. The molecular formula is C18H17Cl2N3OS. The standard InChI is InChI=1S/C18H17Cl2N3OS/c1-23(11-13-5-4-6-14(19)18(13)20)12-17(24)22-15-7-2-3-8-16(15)25-10-9-21/h2-8H,10-12H2,1H3,(H,22,24). The fraction of sp³-hybridized carbons (Fsp3) is 0.222. The number of nitriles is 1. The molecule has 1 amide bonds. The first-order chi connectivity index (χ1) is 12.0. The van der Waals surface area contributed by atoms with Crippen LogP contribution in [0.25, 0.3) is 0 Å². The molecule has 25 heavy (non-hydrogen) atoms. The van der Waals surface area contributed by atoms with Gasteiger partial charge in [0.25, 0.3) is 0 Å². The second-order valence-electron chi connectivity index (χ2n) is 5.38. The van der Waals surface area contributed by atoms with Crippen LogP contribution in [0.4, 0.5) is 5.69 Å². The lowest BCUT2D eigenvalue weighted by Gasteiger charge is -2.18. The number of hydrogen-bond acceptors (Lipinski definition) is 4. The van der Waals surface area contributed by atoms with Gasteiger partial charge in [-0.1, -0.05) is 47.5 Å². The van der Waals surface area contributed by atoms with Crippen molar-refractivity contribution in [3.8, 4) is 6.07 Å². The summed E-state index contributed by atoms with van der Waals surface area (Å²) in [5.74, 6) is 0.200. The van der Waals surface area contributed by atoms with E-state index in [1.165, 1.54) is 11.8 Å². The number of halogens is 2. The molecule has 0 aliphatic rings. The van der Waals surface area contributed by atoms with Gasteiger partial charge in [-0.25, -0.2) is 0 Å². The molecular weight excluding hydrogens is 377 g/mol. The molecule has 0 aromatic heterocycles. The summed E-state index contributed by atoms with van der Waals surface area (Å²) in [5, 5.41) is 12.6. The molecule has 0 unspecified atom stereocenters. The third kappa shape index (κ3) is 5.94. The van der Waals surface area contributed by atoms with Gasteiger partial charge in [0.2, 0.25) is 5.91 Å². The second kappa shape index (κ2) is 9.69. The van der Waals surface area contributed by atoms with Crippen LogP contribution in [0.2, 0.25) is 10.0 Å². The topological polar surface area (TPSA) is 56.1 Å². The zero-order valence-electron chi connectivity index (χ0n) is 13.6. The first kappa shape index (κ1) is 19.6. The number of nitrogens with one attached hydrogen (secondary N) is 1. The van der Waals surface area contributed by atoms with Crippen LogP contribution in [0.3, 0.4) is 0 Å². The van der Waals surface area contributed by atoms with Gasteiger partial charge in [0, 0.05) is 11.4 Å². The van der Waals surface area contributed by atoms with E-state index in [1.807, 2.05) is 48.3 Å². The Balaban J connectivity index is 1.96. The Morgan fingerprint density at radius 1 is 1.24 bits per heavy atom. The van der Waals surface area contributed by atoms with E-state index in [-0.39, 0.29) is 12.5 Å². The molecule has 0 bridgehead atoms. The zero-order chi connectivity index (χ0) is 18.2.